The number of carbonyl (C=O) groups excluding carboxylic acids is 2. The van der Waals surface area contributed by atoms with Crippen molar-refractivity contribution in [3.63, 3.8) is 0 Å². The molecule has 0 aromatic heterocycles. The number of hydrogen-bond donors (Lipinski definition) is 2. The third-order valence-corrected chi connectivity index (χ3v) is 2.26. The molecule has 9 heteroatoms. The van der Waals surface area contributed by atoms with Gasteiger partial charge in [-0.1, -0.05) is 0 Å². The van der Waals surface area contributed by atoms with Gasteiger partial charge in [0.15, 0.2) is 18.3 Å². The molecule has 0 saturated carbocycles. The van der Waals surface area contributed by atoms with Crippen molar-refractivity contribution in [2.45, 2.75) is 6.92 Å². The van der Waals surface area contributed by atoms with E-state index in [0.717, 1.165) is 6.08 Å². The number of methoxy groups -OCH3 is 1. The van der Waals surface area contributed by atoms with Gasteiger partial charge in [-0.2, -0.15) is 0 Å². The van der Waals surface area contributed by atoms with E-state index in [0.29, 0.717) is 0 Å². The predicted molar refractivity (Wildman–Crippen MR) is 61.7 cm³/mol. The summed E-state index contributed by atoms with van der Waals surface area (Å²) in [5.41, 5.74) is 2.67. The Morgan fingerprint density at radius 1 is 1.53 bits per heavy atom. The van der Waals surface area contributed by atoms with Gasteiger partial charge >= 0.3 is 11.9 Å². The number of ether oxygens (including phenoxy) is 2. The largest absolute Gasteiger partial charge is 0.493 e. The van der Waals surface area contributed by atoms with Gasteiger partial charge in [0.1, 0.15) is 0 Å². The Balaban J connectivity index is 2.14. The summed E-state index contributed by atoms with van der Waals surface area (Å²) in [7, 11) is 1.22. The van der Waals surface area contributed by atoms with Crippen LogP contribution < -0.4 is 5.53 Å². The van der Waals surface area contributed by atoms with Gasteiger partial charge in [0.25, 0.3) is 0 Å². The Labute approximate surface area is 108 Å². The summed E-state index contributed by atoms with van der Waals surface area (Å²) in [6.45, 7) is 1.22. The van der Waals surface area contributed by atoms with E-state index in [4.69, 9.17) is 4.74 Å². The Kier molecular flexibility index (Phi) is 3.38. The molecule has 102 valence electrons. The van der Waals surface area contributed by atoms with E-state index in [2.05, 4.69) is 15.3 Å². The highest BCUT2D eigenvalue weighted by Crippen LogP contribution is 2.21. The van der Waals surface area contributed by atoms with E-state index >= 15 is 0 Å². The summed E-state index contributed by atoms with van der Waals surface area (Å²) in [6, 6.07) is 0. The number of carbonyl (C=O) groups is 2. The third-order valence-electron chi connectivity index (χ3n) is 2.26. The van der Waals surface area contributed by atoms with Crippen molar-refractivity contribution in [2.24, 2.45) is 4.99 Å². The minimum atomic E-state index is -0.662. The smallest absolute Gasteiger partial charge is 0.356 e. The molecular formula is C10H12N4O5. The van der Waals surface area contributed by atoms with Crippen LogP contribution in [0.15, 0.2) is 29.0 Å². The minimum absolute atomic E-state index is 0.0290. The van der Waals surface area contributed by atoms with Crippen LogP contribution in [-0.4, -0.2) is 46.6 Å². The van der Waals surface area contributed by atoms with Crippen LogP contribution in [0.3, 0.4) is 0 Å². The number of nitrogens with zero attached hydrogens (tertiary/aromatic N) is 3. The van der Waals surface area contributed by atoms with Crippen molar-refractivity contribution in [2.75, 3.05) is 13.8 Å². The third kappa shape index (κ3) is 2.65. The van der Waals surface area contributed by atoms with Crippen LogP contribution in [0.5, 0.6) is 0 Å². The summed E-state index contributed by atoms with van der Waals surface area (Å²) < 4.78 is 9.29. The second-order valence-electron chi connectivity index (χ2n) is 3.65. The molecule has 0 saturated heterocycles. The molecule has 0 amide bonds. The van der Waals surface area contributed by atoms with Gasteiger partial charge in [-0.05, 0) is 0 Å². The van der Waals surface area contributed by atoms with Crippen LogP contribution in [-0.2, 0) is 19.1 Å². The molecule has 0 fully saturated rings. The van der Waals surface area contributed by atoms with E-state index in [9.17, 15) is 14.7 Å². The van der Waals surface area contributed by atoms with Crippen molar-refractivity contribution in [1.29, 1.82) is 0 Å². The molecule has 2 rings (SSSR count). The lowest BCUT2D eigenvalue weighted by Crippen LogP contribution is -2.42. The highest BCUT2D eigenvalue weighted by Gasteiger charge is 2.29. The lowest BCUT2D eigenvalue weighted by Gasteiger charge is -2.23. The average molecular weight is 268 g/mol. The van der Waals surface area contributed by atoms with Crippen molar-refractivity contribution >= 4 is 17.7 Å². The Hall–Kier alpha value is -2.55. The van der Waals surface area contributed by atoms with Crippen molar-refractivity contribution in [3.05, 3.63) is 24.0 Å². The predicted octanol–water partition coefficient (Wildman–Crippen LogP) is -0.630. The first-order valence-corrected chi connectivity index (χ1v) is 5.27. The molecule has 2 aliphatic heterocycles. The van der Waals surface area contributed by atoms with Gasteiger partial charge in [0, 0.05) is 13.0 Å². The van der Waals surface area contributed by atoms with Gasteiger partial charge in [0.05, 0.1) is 13.3 Å². The van der Waals surface area contributed by atoms with E-state index in [-0.39, 0.29) is 24.1 Å². The maximum atomic E-state index is 11.3. The zero-order valence-corrected chi connectivity index (χ0v) is 10.3. The Morgan fingerprint density at radius 2 is 2.26 bits per heavy atom. The lowest BCUT2D eigenvalue weighted by molar-refractivity contribution is -0.146. The summed E-state index contributed by atoms with van der Waals surface area (Å²) in [5, 5.41) is 12.3. The minimum Gasteiger partial charge on any atom is -0.493 e. The van der Waals surface area contributed by atoms with Crippen LogP contribution in [0.2, 0.25) is 0 Å². The van der Waals surface area contributed by atoms with Crippen LogP contribution in [0.25, 0.3) is 0 Å². The number of aliphatic imine (C=N–C) groups is 1. The molecule has 0 unspecified atom stereocenters. The van der Waals surface area contributed by atoms with Gasteiger partial charge in [0.2, 0.25) is 5.88 Å². The van der Waals surface area contributed by atoms with Crippen LogP contribution in [0.4, 0.5) is 0 Å². The van der Waals surface area contributed by atoms with Gasteiger partial charge in [-0.3, -0.25) is 9.80 Å². The van der Waals surface area contributed by atoms with Crippen molar-refractivity contribution in [3.8, 4) is 0 Å². The average Bonchev–Trinajstić information content (AvgIpc) is 2.79. The summed E-state index contributed by atoms with van der Waals surface area (Å²) in [5.74, 6) is -1.06. The maximum Gasteiger partial charge on any atom is 0.356 e. The Bertz CT molecular complexity index is 510. The summed E-state index contributed by atoms with van der Waals surface area (Å²) in [4.78, 5) is 26.0. The lowest BCUT2D eigenvalue weighted by atomic mass is 10.3. The van der Waals surface area contributed by atoms with Gasteiger partial charge in [-0.25, -0.2) is 14.8 Å². The first-order valence-electron chi connectivity index (χ1n) is 5.27. The SMILES string of the molecule is COC(=O)C1=NC2=CN(COC(C)=O)NN2C(O)=C1. The van der Waals surface area contributed by atoms with E-state index < -0.39 is 11.9 Å². The van der Waals surface area contributed by atoms with Crippen LogP contribution in [0.1, 0.15) is 6.92 Å². The van der Waals surface area contributed by atoms with E-state index in [1.165, 1.54) is 30.3 Å². The molecule has 9 nitrogen and oxygen atoms in total. The first-order chi connectivity index (χ1) is 9.01. The maximum absolute atomic E-state index is 11.3. The molecule has 0 aliphatic carbocycles. The number of rotatable bonds is 3. The molecule has 0 bridgehead atoms. The van der Waals surface area contributed by atoms with Crippen LogP contribution >= 0.6 is 0 Å². The number of hydrazine groups is 2. The molecule has 19 heavy (non-hydrogen) atoms. The normalized spacial score (nSPS) is 17.3. The fourth-order valence-corrected chi connectivity index (χ4v) is 1.43. The summed E-state index contributed by atoms with van der Waals surface area (Å²) >= 11 is 0. The Morgan fingerprint density at radius 3 is 2.89 bits per heavy atom. The highest BCUT2D eigenvalue weighted by atomic mass is 16.5. The van der Waals surface area contributed by atoms with Gasteiger partial charge < -0.3 is 14.6 Å². The number of esters is 2. The number of nitrogens with one attached hydrogen (secondary N) is 1. The fourth-order valence-electron chi connectivity index (χ4n) is 1.43. The standard InChI is InChI=1S/C10H12N4O5/c1-6(15)19-5-13-4-8-11-7(10(17)18-2)3-9(16)14(8)12-13/h3-4,12,16H,5H2,1-2H3. The molecular weight excluding hydrogens is 256 g/mol. The molecule has 0 spiro atoms. The number of hydrogen-bond acceptors (Lipinski definition) is 9. The zero-order chi connectivity index (χ0) is 14.0. The molecule has 0 aromatic carbocycles. The van der Waals surface area contributed by atoms with Crippen molar-refractivity contribution < 1.29 is 24.2 Å². The van der Waals surface area contributed by atoms with E-state index in [1.54, 1.807) is 0 Å². The van der Waals surface area contributed by atoms with Crippen LogP contribution in [0, 0.1) is 0 Å². The second-order valence-corrected chi connectivity index (χ2v) is 3.65. The quantitative estimate of drug-likeness (QED) is 0.652. The summed E-state index contributed by atoms with van der Waals surface area (Å²) in [6.07, 6.45) is 2.63. The number of aliphatic hydroxyl groups is 1. The van der Waals surface area contributed by atoms with Crippen molar-refractivity contribution in [1.82, 2.24) is 15.6 Å². The second kappa shape index (κ2) is 4.98. The molecule has 0 radical (unpaired) electrons. The topological polar surface area (TPSA) is 104 Å². The first kappa shape index (κ1) is 12.9. The monoisotopic (exact) mass is 268 g/mol. The molecule has 2 N–H and O–H groups in total. The molecule has 2 heterocycles. The number of aliphatic hydroxyl groups excluding tert-OH is 1. The highest BCUT2D eigenvalue weighted by molar-refractivity contribution is 6.41. The molecule has 0 atom stereocenters. The number of fused-ring (bicyclic) bond motifs is 1. The zero-order valence-electron chi connectivity index (χ0n) is 10.3. The molecule has 2 aliphatic rings. The molecule has 0 aromatic rings. The van der Waals surface area contributed by atoms with E-state index in [1.807, 2.05) is 0 Å². The fraction of sp³-hybridized carbons (Fsp3) is 0.300. The van der Waals surface area contributed by atoms with Gasteiger partial charge in [-0.15, -0.1) is 5.53 Å².